The van der Waals surface area contributed by atoms with Gasteiger partial charge in [0.25, 0.3) is 0 Å². The van der Waals surface area contributed by atoms with Crippen LogP contribution in [0.4, 0.5) is 0 Å². The molecule has 2 heterocycles. The standard InChI is InChI=1S/C14H21NO2/c1-9-10(2)17-11(3)13(9)14(15-4)12-7-5-6-8-16-12/h7,14-15H,5-6,8H2,1-4H3. The molecular weight excluding hydrogens is 214 g/mol. The van der Waals surface area contributed by atoms with E-state index in [9.17, 15) is 0 Å². The van der Waals surface area contributed by atoms with Crippen molar-refractivity contribution in [3.63, 3.8) is 0 Å². The van der Waals surface area contributed by atoms with E-state index < -0.39 is 0 Å². The van der Waals surface area contributed by atoms with Crippen molar-refractivity contribution >= 4 is 0 Å². The molecule has 0 saturated heterocycles. The fourth-order valence-electron chi connectivity index (χ4n) is 2.44. The quantitative estimate of drug-likeness (QED) is 0.874. The van der Waals surface area contributed by atoms with E-state index in [2.05, 4.69) is 18.3 Å². The van der Waals surface area contributed by atoms with Crippen LogP contribution in [0.1, 0.15) is 41.5 Å². The van der Waals surface area contributed by atoms with Gasteiger partial charge in [0.05, 0.1) is 12.6 Å². The topological polar surface area (TPSA) is 34.4 Å². The fraction of sp³-hybridized carbons (Fsp3) is 0.571. The second kappa shape index (κ2) is 4.96. The highest BCUT2D eigenvalue weighted by Gasteiger charge is 2.25. The minimum absolute atomic E-state index is 0.118. The first kappa shape index (κ1) is 12.2. The minimum Gasteiger partial charge on any atom is -0.496 e. The lowest BCUT2D eigenvalue weighted by Gasteiger charge is -2.24. The average Bonchev–Trinajstić information content (AvgIpc) is 2.58. The number of aryl methyl sites for hydroxylation is 2. The molecule has 2 rings (SSSR count). The molecule has 1 aliphatic heterocycles. The van der Waals surface area contributed by atoms with Crippen LogP contribution in [0.5, 0.6) is 0 Å². The number of hydrogen-bond donors (Lipinski definition) is 1. The van der Waals surface area contributed by atoms with Crippen molar-refractivity contribution < 1.29 is 9.15 Å². The Kier molecular flexibility index (Phi) is 3.57. The molecule has 0 amide bonds. The maximum Gasteiger partial charge on any atom is 0.114 e. The molecule has 0 aliphatic carbocycles. The van der Waals surface area contributed by atoms with Gasteiger partial charge in [-0.05, 0) is 52.3 Å². The molecule has 1 aliphatic rings. The molecule has 3 heteroatoms. The molecular formula is C14H21NO2. The lowest BCUT2D eigenvalue weighted by Crippen LogP contribution is -2.23. The van der Waals surface area contributed by atoms with Gasteiger partial charge < -0.3 is 14.5 Å². The predicted octanol–water partition coefficient (Wildman–Crippen LogP) is 3.16. The first-order valence-corrected chi connectivity index (χ1v) is 6.21. The van der Waals surface area contributed by atoms with Gasteiger partial charge in [-0.25, -0.2) is 0 Å². The molecule has 0 fully saturated rings. The van der Waals surface area contributed by atoms with Crippen LogP contribution >= 0.6 is 0 Å². The third-order valence-corrected chi connectivity index (χ3v) is 3.44. The Labute approximate surface area is 103 Å². The van der Waals surface area contributed by atoms with Gasteiger partial charge >= 0.3 is 0 Å². The van der Waals surface area contributed by atoms with Crippen LogP contribution < -0.4 is 5.32 Å². The Morgan fingerprint density at radius 3 is 2.47 bits per heavy atom. The molecule has 1 N–H and O–H groups in total. The molecule has 0 aromatic carbocycles. The molecule has 17 heavy (non-hydrogen) atoms. The van der Waals surface area contributed by atoms with Crippen molar-refractivity contribution in [1.29, 1.82) is 0 Å². The van der Waals surface area contributed by atoms with E-state index in [1.54, 1.807) is 0 Å². The summed E-state index contributed by atoms with van der Waals surface area (Å²) in [6.45, 7) is 6.95. The summed E-state index contributed by atoms with van der Waals surface area (Å²) in [5, 5.41) is 3.33. The first-order chi connectivity index (χ1) is 8.15. The molecule has 0 radical (unpaired) electrons. The monoisotopic (exact) mass is 235 g/mol. The largest absolute Gasteiger partial charge is 0.496 e. The summed E-state index contributed by atoms with van der Waals surface area (Å²) in [4.78, 5) is 0. The number of furan rings is 1. The Morgan fingerprint density at radius 2 is 2.00 bits per heavy atom. The number of hydrogen-bond acceptors (Lipinski definition) is 3. The Bertz CT molecular complexity index is 432. The third-order valence-electron chi connectivity index (χ3n) is 3.44. The normalized spacial score (nSPS) is 17.5. The molecule has 1 aromatic rings. The van der Waals surface area contributed by atoms with Crippen molar-refractivity contribution in [2.75, 3.05) is 13.7 Å². The van der Waals surface area contributed by atoms with Crippen molar-refractivity contribution in [3.8, 4) is 0 Å². The summed E-state index contributed by atoms with van der Waals surface area (Å²) in [5.74, 6) is 3.01. The number of ether oxygens (including phenoxy) is 1. The smallest absolute Gasteiger partial charge is 0.114 e. The van der Waals surface area contributed by atoms with Crippen LogP contribution in [-0.4, -0.2) is 13.7 Å². The number of nitrogens with one attached hydrogen (secondary N) is 1. The van der Waals surface area contributed by atoms with Gasteiger partial charge in [-0.1, -0.05) is 0 Å². The van der Waals surface area contributed by atoms with E-state index in [4.69, 9.17) is 9.15 Å². The SMILES string of the molecule is CNC(C1=CCCCO1)c1c(C)oc(C)c1C. The van der Waals surface area contributed by atoms with Crippen molar-refractivity contribution in [3.05, 3.63) is 34.5 Å². The number of likely N-dealkylation sites (N-methyl/N-ethyl adjacent to an activating group) is 1. The third kappa shape index (κ3) is 2.25. The highest BCUT2D eigenvalue weighted by Crippen LogP contribution is 2.33. The van der Waals surface area contributed by atoms with Crippen LogP contribution in [0, 0.1) is 20.8 Å². The summed E-state index contributed by atoms with van der Waals surface area (Å²) in [5.41, 5.74) is 2.44. The second-order valence-electron chi connectivity index (χ2n) is 4.57. The average molecular weight is 235 g/mol. The van der Waals surface area contributed by atoms with E-state index in [0.717, 1.165) is 36.7 Å². The second-order valence-corrected chi connectivity index (χ2v) is 4.57. The van der Waals surface area contributed by atoms with Crippen LogP contribution in [0.15, 0.2) is 16.3 Å². The lowest BCUT2D eigenvalue weighted by atomic mass is 9.99. The maximum atomic E-state index is 5.76. The lowest BCUT2D eigenvalue weighted by molar-refractivity contribution is 0.169. The molecule has 0 spiro atoms. The molecule has 1 unspecified atom stereocenters. The van der Waals surface area contributed by atoms with E-state index >= 15 is 0 Å². The summed E-state index contributed by atoms with van der Waals surface area (Å²) < 4.78 is 11.5. The van der Waals surface area contributed by atoms with Crippen molar-refractivity contribution in [2.24, 2.45) is 0 Å². The van der Waals surface area contributed by atoms with Crippen molar-refractivity contribution in [2.45, 2.75) is 39.7 Å². The van der Waals surface area contributed by atoms with Gasteiger partial charge in [-0.2, -0.15) is 0 Å². The van der Waals surface area contributed by atoms with Crippen LogP contribution in [0.3, 0.4) is 0 Å². The Morgan fingerprint density at radius 1 is 1.24 bits per heavy atom. The summed E-state index contributed by atoms with van der Waals surface area (Å²) in [6.07, 6.45) is 4.40. The molecule has 94 valence electrons. The zero-order valence-corrected chi connectivity index (χ0v) is 11.1. The van der Waals surface area contributed by atoms with Gasteiger partial charge in [-0.3, -0.25) is 0 Å². The minimum atomic E-state index is 0.118. The Balaban J connectivity index is 2.37. The molecule has 0 bridgehead atoms. The van der Waals surface area contributed by atoms with E-state index in [1.807, 2.05) is 20.9 Å². The number of allylic oxidation sites excluding steroid dienone is 1. The van der Waals surface area contributed by atoms with Gasteiger partial charge in [0.2, 0.25) is 0 Å². The van der Waals surface area contributed by atoms with Gasteiger partial charge in [-0.15, -0.1) is 0 Å². The van der Waals surface area contributed by atoms with E-state index in [-0.39, 0.29) is 6.04 Å². The van der Waals surface area contributed by atoms with E-state index in [0.29, 0.717) is 0 Å². The summed E-state index contributed by atoms with van der Waals surface area (Å²) >= 11 is 0. The van der Waals surface area contributed by atoms with Crippen LogP contribution in [0.25, 0.3) is 0 Å². The zero-order valence-electron chi connectivity index (χ0n) is 11.1. The molecule has 3 nitrogen and oxygen atoms in total. The Hall–Kier alpha value is -1.22. The van der Waals surface area contributed by atoms with E-state index in [1.165, 1.54) is 11.1 Å². The van der Waals surface area contributed by atoms with Crippen LogP contribution in [-0.2, 0) is 4.74 Å². The zero-order chi connectivity index (χ0) is 12.4. The molecule has 0 saturated carbocycles. The highest BCUT2D eigenvalue weighted by atomic mass is 16.5. The van der Waals surface area contributed by atoms with Gasteiger partial charge in [0.15, 0.2) is 0 Å². The summed E-state index contributed by atoms with van der Waals surface area (Å²) in [6, 6.07) is 0.118. The molecule has 1 atom stereocenters. The summed E-state index contributed by atoms with van der Waals surface area (Å²) in [7, 11) is 1.96. The first-order valence-electron chi connectivity index (χ1n) is 6.21. The fourth-order valence-corrected chi connectivity index (χ4v) is 2.44. The number of rotatable bonds is 3. The molecule has 1 aromatic heterocycles. The van der Waals surface area contributed by atoms with Crippen LogP contribution in [0.2, 0.25) is 0 Å². The maximum absolute atomic E-state index is 5.76. The predicted molar refractivity (Wildman–Crippen MR) is 68.0 cm³/mol. The van der Waals surface area contributed by atoms with Gasteiger partial charge in [0.1, 0.15) is 17.3 Å². The highest BCUT2D eigenvalue weighted by molar-refractivity contribution is 5.38. The van der Waals surface area contributed by atoms with Gasteiger partial charge in [0, 0.05) is 5.56 Å². The van der Waals surface area contributed by atoms with Crippen molar-refractivity contribution in [1.82, 2.24) is 5.32 Å².